The second-order valence-corrected chi connectivity index (χ2v) is 6.50. The lowest BCUT2D eigenvalue weighted by Gasteiger charge is -2.10. The van der Waals surface area contributed by atoms with Crippen LogP contribution in [-0.2, 0) is 12.8 Å². The van der Waals surface area contributed by atoms with Gasteiger partial charge in [0.2, 0.25) is 0 Å². The van der Waals surface area contributed by atoms with Crippen molar-refractivity contribution >= 4 is 22.9 Å². The molecular formula is C15H18ClNS. The Kier molecular flexibility index (Phi) is 4.81. The lowest BCUT2D eigenvalue weighted by Crippen LogP contribution is -2.23. The molecular weight excluding hydrogens is 262 g/mol. The third-order valence-electron chi connectivity index (χ3n) is 2.98. The van der Waals surface area contributed by atoms with E-state index in [9.17, 15) is 0 Å². The predicted octanol–water partition coefficient (Wildman–Crippen LogP) is 4.21. The van der Waals surface area contributed by atoms with E-state index in [4.69, 9.17) is 17.3 Å². The van der Waals surface area contributed by atoms with Crippen LogP contribution in [0.3, 0.4) is 0 Å². The summed E-state index contributed by atoms with van der Waals surface area (Å²) in [6, 6.07) is 12.8. The highest BCUT2D eigenvalue weighted by molar-refractivity contribution is 7.16. The highest BCUT2D eigenvalue weighted by Crippen LogP contribution is 2.23. The van der Waals surface area contributed by atoms with Crippen molar-refractivity contribution in [2.24, 2.45) is 5.73 Å². The molecule has 96 valence electrons. The van der Waals surface area contributed by atoms with Gasteiger partial charge < -0.3 is 5.73 Å². The van der Waals surface area contributed by atoms with E-state index in [-0.39, 0.29) is 6.04 Å². The van der Waals surface area contributed by atoms with E-state index in [1.54, 1.807) is 11.3 Å². The van der Waals surface area contributed by atoms with Crippen molar-refractivity contribution in [1.82, 2.24) is 0 Å². The van der Waals surface area contributed by atoms with E-state index >= 15 is 0 Å². The number of hydrogen-bond acceptors (Lipinski definition) is 2. The molecule has 1 heterocycles. The van der Waals surface area contributed by atoms with Crippen molar-refractivity contribution in [1.29, 1.82) is 0 Å². The molecule has 2 rings (SSSR count). The van der Waals surface area contributed by atoms with Crippen molar-refractivity contribution < 1.29 is 0 Å². The van der Waals surface area contributed by atoms with E-state index in [1.165, 1.54) is 16.0 Å². The van der Waals surface area contributed by atoms with Gasteiger partial charge >= 0.3 is 0 Å². The maximum atomic E-state index is 6.16. The average molecular weight is 280 g/mol. The third-order valence-corrected chi connectivity index (χ3v) is 4.23. The Morgan fingerprint density at radius 1 is 1.28 bits per heavy atom. The molecule has 18 heavy (non-hydrogen) atoms. The van der Waals surface area contributed by atoms with Crippen molar-refractivity contribution in [3.63, 3.8) is 0 Å². The molecule has 0 saturated heterocycles. The Labute approximate surface area is 118 Å². The standard InChI is InChI=1S/C15H18ClNS/c1-11-3-2-4-12(9-11)5-6-13(17)10-14-7-8-15(16)18-14/h2-4,7-9,13H,5-6,10,17H2,1H3. The molecule has 0 fully saturated rings. The van der Waals surface area contributed by atoms with Gasteiger partial charge in [0.05, 0.1) is 4.34 Å². The molecule has 2 N–H and O–H groups in total. The zero-order valence-corrected chi connectivity index (χ0v) is 12.1. The topological polar surface area (TPSA) is 26.0 Å². The SMILES string of the molecule is Cc1cccc(CCC(N)Cc2ccc(Cl)s2)c1. The molecule has 0 aliphatic rings. The second-order valence-electron chi connectivity index (χ2n) is 4.70. The first kappa shape index (κ1) is 13.6. The molecule has 0 spiro atoms. The molecule has 3 heteroatoms. The van der Waals surface area contributed by atoms with Crippen molar-refractivity contribution in [2.75, 3.05) is 0 Å². The number of hydrogen-bond donors (Lipinski definition) is 1. The number of halogens is 1. The Morgan fingerprint density at radius 3 is 2.78 bits per heavy atom. The van der Waals surface area contributed by atoms with Crippen LogP contribution in [0.25, 0.3) is 0 Å². The average Bonchev–Trinajstić information content (AvgIpc) is 2.72. The monoisotopic (exact) mass is 279 g/mol. The van der Waals surface area contributed by atoms with E-state index in [0.717, 1.165) is 23.6 Å². The number of benzene rings is 1. The fourth-order valence-electron chi connectivity index (χ4n) is 2.04. The van der Waals surface area contributed by atoms with Gasteiger partial charge in [-0.3, -0.25) is 0 Å². The first-order valence-electron chi connectivity index (χ1n) is 6.19. The Balaban J connectivity index is 1.83. The van der Waals surface area contributed by atoms with Crippen LogP contribution in [0, 0.1) is 6.92 Å². The summed E-state index contributed by atoms with van der Waals surface area (Å²) in [5, 5.41) is 0. The van der Waals surface area contributed by atoms with E-state index in [2.05, 4.69) is 37.3 Å². The minimum absolute atomic E-state index is 0.209. The van der Waals surface area contributed by atoms with Crippen LogP contribution in [0.1, 0.15) is 22.4 Å². The van der Waals surface area contributed by atoms with Gasteiger partial charge in [-0.15, -0.1) is 11.3 Å². The maximum Gasteiger partial charge on any atom is 0.0931 e. The van der Waals surface area contributed by atoms with E-state index in [0.29, 0.717) is 0 Å². The van der Waals surface area contributed by atoms with E-state index in [1.807, 2.05) is 6.07 Å². The number of rotatable bonds is 5. The van der Waals surface area contributed by atoms with Crippen LogP contribution < -0.4 is 5.73 Å². The van der Waals surface area contributed by atoms with Gasteiger partial charge in [-0.2, -0.15) is 0 Å². The zero-order valence-electron chi connectivity index (χ0n) is 10.5. The zero-order chi connectivity index (χ0) is 13.0. The molecule has 1 atom stereocenters. The Hall–Kier alpha value is -0.830. The molecule has 1 aromatic carbocycles. The van der Waals surface area contributed by atoms with Crippen LogP contribution in [0.15, 0.2) is 36.4 Å². The normalized spacial score (nSPS) is 12.6. The third kappa shape index (κ3) is 4.13. The summed E-state index contributed by atoms with van der Waals surface area (Å²) in [4.78, 5) is 1.27. The maximum absolute atomic E-state index is 6.16. The van der Waals surface area contributed by atoms with Crippen molar-refractivity contribution in [3.05, 3.63) is 56.7 Å². The van der Waals surface area contributed by atoms with Gasteiger partial charge in [0, 0.05) is 10.9 Å². The van der Waals surface area contributed by atoms with Gasteiger partial charge in [0.25, 0.3) is 0 Å². The molecule has 0 radical (unpaired) electrons. The summed E-state index contributed by atoms with van der Waals surface area (Å²) in [5.41, 5.74) is 8.85. The van der Waals surface area contributed by atoms with Gasteiger partial charge in [-0.05, 0) is 43.9 Å². The fraction of sp³-hybridized carbons (Fsp3) is 0.333. The molecule has 0 bridgehead atoms. The largest absolute Gasteiger partial charge is 0.327 e. The van der Waals surface area contributed by atoms with Gasteiger partial charge in [-0.1, -0.05) is 41.4 Å². The Morgan fingerprint density at radius 2 is 2.11 bits per heavy atom. The van der Waals surface area contributed by atoms with Crippen molar-refractivity contribution in [2.45, 2.75) is 32.2 Å². The van der Waals surface area contributed by atoms with Gasteiger partial charge in [0.1, 0.15) is 0 Å². The second kappa shape index (κ2) is 6.37. The first-order chi connectivity index (χ1) is 8.63. The minimum Gasteiger partial charge on any atom is -0.327 e. The smallest absolute Gasteiger partial charge is 0.0931 e. The molecule has 0 saturated carbocycles. The number of thiophene rings is 1. The summed E-state index contributed by atoms with van der Waals surface area (Å²) >= 11 is 7.54. The van der Waals surface area contributed by atoms with Gasteiger partial charge in [0.15, 0.2) is 0 Å². The Bertz CT molecular complexity index is 507. The molecule has 0 aliphatic carbocycles. The quantitative estimate of drug-likeness (QED) is 0.872. The lowest BCUT2D eigenvalue weighted by atomic mass is 10.0. The van der Waals surface area contributed by atoms with Crippen LogP contribution in [0.5, 0.6) is 0 Å². The minimum atomic E-state index is 0.209. The summed E-state index contributed by atoms with van der Waals surface area (Å²) in [6.07, 6.45) is 2.98. The fourth-order valence-corrected chi connectivity index (χ4v) is 3.22. The van der Waals surface area contributed by atoms with E-state index < -0.39 is 0 Å². The highest BCUT2D eigenvalue weighted by Gasteiger charge is 2.07. The molecule has 0 aliphatic heterocycles. The summed E-state index contributed by atoms with van der Waals surface area (Å²) in [7, 11) is 0. The molecule has 2 aromatic rings. The number of nitrogens with two attached hydrogens (primary N) is 1. The summed E-state index contributed by atoms with van der Waals surface area (Å²) in [5.74, 6) is 0. The summed E-state index contributed by atoms with van der Waals surface area (Å²) in [6.45, 7) is 2.12. The van der Waals surface area contributed by atoms with Crippen molar-refractivity contribution in [3.8, 4) is 0 Å². The number of aryl methyl sites for hydroxylation is 2. The predicted molar refractivity (Wildman–Crippen MR) is 80.5 cm³/mol. The van der Waals surface area contributed by atoms with Crippen LogP contribution >= 0.6 is 22.9 Å². The molecule has 1 unspecified atom stereocenters. The van der Waals surface area contributed by atoms with Crippen LogP contribution in [0.2, 0.25) is 4.34 Å². The first-order valence-corrected chi connectivity index (χ1v) is 7.38. The van der Waals surface area contributed by atoms with Crippen LogP contribution in [0.4, 0.5) is 0 Å². The molecule has 1 nitrogen and oxygen atoms in total. The highest BCUT2D eigenvalue weighted by atomic mass is 35.5. The summed E-state index contributed by atoms with van der Waals surface area (Å²) < 4.78 is 0.843. The lowest BCUT2D eigenvalue weighted by molar-refractivity contribution is 0.614. The molecule has 1 aromatic heterocycles. The van der Waals surface area contributed by atoms with Gasteiger partial charge in [-0.25, -0.2) is 0 Å². The van der Waals surface area contributed by atoms with Crippen LogP contribution in [-0.4, -0.2) is 6.04 Å². The molecule has 0 amide bonds.